The predicted molar refractivity (Wildman–Crippen MR) is 229 cm³/mol. The lowest BCUT2D eigenvalue weighted by Crippen LogP contribution is -2.59. The minimum atomic E-state index is -4.01. The summed E-state index contributed by atoms with van der Waals surface area (Å²) in [5, 5.41) is 6.74. The third-order valence-electron chi connectivity index (χ3n) is 14.6. The number of sulfonamides is 1. The standard InChI is InChI=1S/C46H61N5O10S/c1-3-30-26-46(30,43(54)50-62(56,57)45(2)20-21-45)49-40(52)36-25-32-27-51(36)42(53)38(28-12-6-4-7-13-28)48-44(55)61-37-24-29(37)14-8-5-9-16-34-39(59-31-18-22-58-23-19-31)33-15-10-11-17-35(33)47-41(34)60-32/h3,10-11,15,17,28-32,36-38H,1,4-9,12-14,16,18-27H2,2H3,(H,48,55)(H,49,52)(H,50,54)/t29-,30-,32-,36+,37-,38+,46-/m1/s1. The van der Waals surface area contributed by atoms with E-state index in [1.54, 1.807) is 6.92 Å². The van der Waals surface area contributed by atoms with Crippen LogP contribution in [0, 0.1) is 17.8 Å². The number of benzene rings is 1. The van der Waals surface area contributed by atoms with Gasteiger partial charge in [-0.3, -0.25) is 19.1 Å². The van der Waals surface area contributed by atoms with E-state index in [0.29, 0.717) is 43.9 Å². The van der Waals surface area contributed by atoms with Crippen LogP contribution < -0.4 is 24.8 Å². The quantitative estimate of drug-likeness (QED) is 0.274. The molecular formula is C46H61N5O10S. The number of rotatable bonds is 9. The number of amides is 4. The van der Waals surface area contributed by atoms with Gasteiger partial charge >= 0.3 is 6.09 Å². The van der Waals surface area contributed by atoms with Crippen molar-refractivity contribution in [2.45, 2.75) is 157 Å². The third-order valence-corrected chi connectivity index (χ3v) is 16.8. The van der Waals surface area contributed by atoms with Gasteiger partial charge in [0, 0.05) is 30.6 Å². The Kier molecular flexibility index (Phi) is 11.9. The molecule has 2 bridgehead atoms. The van der Waals surface area contributed by atoms with Crippen LogP contribution in [-0.4, -0.2) is 103 Å². The number of nitrogens with zero attached hydrogens (tertiary/aromatic N) is 2. The van der Waals surface area contributed by atoms with E-state index in [4.69, 9.17) is 23.9 Å². The summed E-state index contributed by atoms with van der Waals surface area (Å²) < 4.78 is 52.9. The van der Waals surface area contributed by atoms with Crippen LogP contribution in [0.15, 0.2) is 36.9 Å². The number of para-hydroxylation sites is 1. The molecule has 4 saturated carbocycles. The smallest absolute Gasteiger partial charge is 0.408 e. The van der Waals surface area contributed by atoms with Crippen molar-refractivity contribution in [3.05, 3.63) is 42.5 Å². The van der Waals surface area contributed by atoms with Gasteiger partial charge in [-0.15, -0.1) is 6.58 Å². The SMILES string of the molecule is C=C[C@@H]1C[C@]1(NC(=O)[C@@H]1C[C@@H]2CN1C(=O)[C@H](C1CCCCC1)NC(=O)O[C@@H]1C[C@H]1CCCCCc1c(nc3ccccc3c1OC1CCOCC1)O2)C(=O)NS(=O)(=O)C1(C)CC1. The van der Waals surface area contributed by atoms with E-state index < -0.39 is 68.2 Å². The first-order valence-corrected chi connectivity index (χ1v) is 24.5. The van der Waals surface area contributed by atoms with Gasteiger partial charge in [0.2, 0.25) is 27.7 Å². The highest BCUT2D eigenvalue weighted by molar-refractivity contribution is 7.91. The van der Waals surface area contributed by atoms with Crippen molar-refractivity contribution in [3.63, 3.8) is 0 Å². The van der Waals surface area contributed by atoms with Gasteiger partial charge in [-0.2, -0.15) is 0 Å². The highest BCUT2D eigenvalue weighted by Gasteiger charge is 2.63. The van der Waals surface area contributed by atoms with Crippen LogP contribution in [0.3, 0.4) is 0 Å². The molecule has 3 aliphatic heterocycles. The number of hydrogen-bond acceptors (Lipinski definition) is 11. The van der Waals surface area contributed by atoms with Gasteiger partial charge < -0.3 is 34.5 Å². The molecule has 6 fully saturated rings. The average molecular weight is 876 g/mol. The molecule has 1 aromatic carbocycles. The zero-order valence-corrected chi connectivity index (χ0v) is 36.6. The summed E-state index contributed by atoms with van der Waals surface area (Å²) in [6, 6.07) is 5.75. The van der Waals surface area contributed by atoms with E-state index in [9.17, 15) is 22.8 Å². The van der Waals surface area contributed by atoms with Crippen molar-refractivity contribution < 1.29 is 46.5 Å². The van der Waals surface area contributed by atoms with Gasteiger partial charge in [0.1, 0.15) is 41.7 Å². The molecule has 0 spiro atoms. The molecular weight excluding hydrogens is 815 g/mol. The molecule has 4 heterocycles. The molecule has 2 saturated heterocycles. The highest BCUT2D eigenvalue weighted by atomic mass is 32.2. The number of fused-ring (bicyclic) bond motifs is 5. The van der Waals surface area contributed by atoms with E-state index in [1.165, 1.54) is 11.0 Å². The molecule has 62 heavy (non-hydrogen) atoms. The van der Waals surface area contributed by atoms with Crippen molar-refractivity contribution in [1.29, 1.82) is 0 Å². The molecule has 2 aromatic rings. The minimum absolute atomic E-state index is 0.00247. The van der Waals surface area contributed by atoms with E-state index in [0.717, 1.165) is 93.7 Å². The second-order valence-electron chi connectivity index (χ2n) is 19.1. The average Bonchev–Trinajstić information content (AvgIpc) is 4.23. The van der Waals surface area contributed by atoms with Crippen LogP contribution in [-0.2, 0) is 40.3 Å². The minimum Gasteiger partial charge on any atom is -0.489 e. The monoisotopic (exact) mass is 875 g/mol. The summed E-state index contributed by atoms with van der Waals surface area (Å²) in [6.07, 6.45) is 11.9. The summed E-state index contributed by atoms with van der Waals surface area (Å²) in [6.45, 7) is 6.67. The number of ether oxygens (including phenoxy) is 4. The Morgan fingerprint density at radius 2 is 1.69 bits per heavy atom. The lowest BCUT2D eigenvalue weighted by molar-refractivity contribution is -0.142. The molecule has 9 rings (SSSR count). The summed E-state index contributed by atoms with van der Waals surface area (Å²) in [5.74, 6) is -1.19. The van der Waals surface area contributed by atoms with Gasteiger partial charge in [0.25, 0.3) is 5.91 Å². The van der Waals surface area contributed by atoms with E-state index in [2.05, 4.69) is 21.9 Å². The molecule has 0 radical (unpaired) electrons. The molecule has 4 amide bonds. The van der Waals surface area contributed by atoms with E-state index in [1.807, 2.05) is 24.3 Å². The van der Waals surface area contributed by atoms with Crippen molar-refractivity contribution >= 4 is 44.7 Å². The number of pyridine rings is 1. The number of hydrogen-bond donors (Lipinski definition) is 3. The molecule has 4 aliphatic carbocycles. The first-order chi connectivity index (χ1) is 29.9. The Labute approximate surface area is 363 Å². The molecule has 3 N–H and O–H groups in total. The van der Waals surface area contributed by atoms with Gasteiger partial charge in [0.15, 0.2) is 0 Å². The molecule has 15 nitrogen and oxygen atoms in total. The molecule has 336 valence electrons. The van der Waals surface area contributed by atoms with Crippen LogP contribution in [0.1, 0.15) is 115 Å². The number of carbonyl (C=O) groups is 4. The number of alkyl carbamates (subject to hydrolysis) is 1. The van der Waals surface area contributed by atoms with Crippen LogP contribution in [0.4, 0.5) is 4.79 Å². The van der Waals surface area contributed by atoms with Crippen LogP contribution >= 0.6 is 0 Å². The maximum absolute atomic E-state index is 15.1. The van der Waals surface area contributed by atoms with Gasteiger partial charge in [-0.1, -0.05) is 50.3 Å². The predicted octanol–water partition coefficient (Wildman–Crippen LogP) is 5.38. The van der Waals surface area contributed by atoms with E-state index >= 15 is 4.79 Å². The Bertz CT molecular complexity index is 2190. The molecule has 7 atom stereocenters. The third kappa shape index (κ3) is 8.74. The highest BCUT2D eigenvalue weighted by Crippen LogP contribution is 2.48. The molecule has 16 heteroatoms. The summed E-state index contributed by atoms with van der Waals surface area (Å²) in [4.78, 5) is 63.8. The molecule has 1 aromatic heterocycles. The Hall–Kier alpha value is -4.44. The Balaban J connectivity index is 1.07. The lowest BCUT2D eigenvalue weighted by atomic mass is 9.83. The Morgan fingerprint density at radius 3 is 2.42 bits per heavy atom. The molecule has 7 aliphatic rings. The van der Waals surface area contributed by atoms with Crippen LogP contribution in [0.2, 0.25) is 0 Å². The van der Waals surface area contributed by atoms with Crippen molar-refractivity contribution in [2.75, 3.05) is 19.8 Å². The Morgan fingerprint density at radius 1 is 0.968 bits per heavy atom. The maximum Gasteiger partial charge on any atom is 0.408 e. The second-order valence-corrected chi connectivity index (χ2v) is 21.3. The number of aromatic nitrogens is 1. The zero-order chi connectivity index (χ0) is 43.2. The van der Waals surface area contributed by atoms with Gasteiger partial charge in [-0.25, -0.2) is 18.2 Å². The van der Waals surface area contributed by atoms with Crippen molar-refractivity contribution in [2.24, 2.45) is 17.8 Å². The summed E-state index contributed by atoms with van der Waals surface area (Å²) in [5.41, 5.74) is -0.0237. The number of carbonyl (C=O) groups excluding carboxylic acids is 4. The molecule has 0 unspecified atom stereocenters. The maximum atomic E-state index is 15.1. The van der Waals surface area contributed by atoms with Crippen molar-refractivity contribution in [3.8, 4) is 11.6 Å². The largest absolute Gasteiger partial charge is 0.489 e. The normalized spacial score (nSPS) is 31.7. The second kappa shape index (κ2) is 17.3. The summed E-state index contributed by atoms with van der Waals surface area (Å²) in [7, 11) is -4.01. The fourth-order valence-corrected chi connectivity index (χ4v) is 11.5. The topological polar surface area (TPSA) is 192 Å². The first kappa shape index (κ1) is 42.8. The fraction of sp³-hybridized carbons (Fsp3) is 0.674. The number of nitrogens with one attached hydrogen (secondary N) is 3. The van der Waals surface area contributed by atoms with Gasteiger partial charge in [-0.05, 0) is 88.7 Å². The lowest BCUT2D eigenvalue weighted by Gasteiger charge is -2.34. The van der Waals surface area contributed by atoms with E-state index in [-0.39, 0.29) is 43.4 Å². The van der Waals surface area contributed by atoms with Crippen LogP contribution in [0.25, 0.3) is 10.9 Å². The van der Waals surface area contributed by atoms with Crippen LogP contribution in [0.5, 0.6) is 11.6 Å². The van der Waals surface area contributed by atoms with Gasteiger partial charge in [0.05, 0.1) is 35.6 Å². The first-order valence-electron chi connectivity index (χ1n) is 23.0. The summed E-state index contributed by atoms with van der Waals surface area (Å²) >= 11 is 0. The van der Waals surface area contributed by atoms with Crippen molar-refractivity contribution in [1.82, 2.24) is 25.2 Å². The zero-order valence-electron chi connectivity index (χ0n) is 35.7. The fourth-order valence-electron chi connectivity index (χ4n) is 10.1.